The molecular formula is C16H16N2O3. The van der Waals surface area contributed by atoms with Crippen molar-refractivity contribution in [2.45, 2.75) is 13.8 Å². The van der Waals surface area contributed by atoms with E-state index >= 15 is 0 Å². The molecule has 5 heteroatoms. The Morgan fingerprint density at radius 2 is 1.86 bits per heavy atom. The molecule has 0 spiro atoms. The van der Waals surface area contributed by atoms with E-state index < -0.39 is 5.97 Å². The fraction of sp³-hybridized carbons (Fsp3) is 0.188. The number of nitrogens with zero attached hydrogens (tertiary/aromatic N) is 1. The number of ether oxygens (including phenoxy) is 1. The van der Waals surface area contributed by atoms with Gasteiger partial charge in [-0.05, 0) is 49.2 Å². The van der Waals surface area contributed by atoms with E-state index in [1.807, 2.05) is 32.0 Å². The minimum Gasteiger partial charge on any atom is -0.465 e. The molecule has 1 heterocycles. The number of benzene rings is 1. The Morgan fingerprint density at radius 1 is 1.10 bits per heavy atom. The zero-order valence-corrected chi connectivity index (χ0v) is 12.1. The molecule has 0 radical (unpaired) electrons. The topological polar surface area (TPSA) is 68.3 Å². The van der Waals surface area contributed by atoms with Crippen molar-refractivity contribution in [3.8, 4) is 0 Å². The molecule has 1 aromatic carbocycles. The molecule has 2 rings (SSSR count). The minimum absolute atomic E-state index is 0.237. The van der Waals surface area contributed by atoms with E-state index in [2.05, 4.69) is 15.0 Å². The summed E-state index contributed by atoms with van der Waals surface area (Å²) in [7, 11) is 1.29. The van der Waals surface area contributed by atoms with Gasteiger partial charge in [-0.1, -0.05) is 6.07 Å². The second kappa shape index (κ2) is 6.17. The largest absolute Gasteiger partial charge is 0.465 e. The molecule has 21 heavy (non-hydrogen) atoms. The number of aromatic nitrogens is 1. The van der Waals surface area contributed by atoms with E-state index in [9.17, 15) is 9.59 Å². The molecule has 5 nitrogen and oxygen atoms in total. The first-order valence-electron chi connectivity index (χ1n) is 6.44. The Morgan fingerprint density at radius 3 is 2.43 bits per heavy atom. The van der Waals surface area contributed by atoms with Gasteiger partial charge in [0.2, 0.25) is 0 Å². The van der Waals surface area contributed by atoms with Gasteiger partial charge in [-0.3, -0.25) is 9.78 Å². The number of amides is 1. The van der Waals surface area contributed by atoms with Crippen LogP contribution < -0.4 is 5.32 Å². The number of hydrogen-bond acceptors (Lipinski definition) is 4. The highest BCUT2D eigenvalue weighted by Crippen LogP contribution is 2.15. The van der Waals surface area contributed by atoms with Crippen molar-refractivity contribution < 1.29 is 14.3 Å². The van der Waals surface area contributed by atoms with Gasteiger partial charge in [0.25, 0.3) is 5.91 Å². The van der Waals surface area contributed by atoms with Crippen LogP contribution in [0.5, 0.6) is 0 Å². The summed E-state index contributed by atoms with van der Waals surface area (Å²) in [6.45, 7) is 3.99. The van der Waals surface area contributed by atoms with E-state index in [0.29, 0.717) is 11.3 Å². The normalized spacial score (nSPS) is 10.0. The van der Waals surface area contributed by atoms with E-state index in [0.717, 1.165) is 11.1 Å². The third-order valence-electron chi connectivity index (χ3n) is 3.18. The highest BCUT2D eigenvalue weighted by Gasteiger charge is 2.11. The number of aryl methyl sites for hydroxylation is 2. The fourth-order valence-electron chi connectivity index (χ4n) is 1.78. The Hall–Kier alpha value is -2.69. The molecule has 1 aromatic heterocycles. The van der Waals surface area contributed by atoms with Crippen LogP contribution in [-0.2, 0) is 4.74 Å². The molecule has 0 saturated heterocycles. The van der Waals surface area contributed by atoms with Crippen LogP contribution in [0.25, 0.3) is 0 Å². The van der Waals surface area contributed by atoms with Gasteiger partial charge in [0.15, 0.2) is 0 Å². The molecule has 0 fully saturated rings. The zero-order valence-electron chi connectivity index (χ0n) is 12.1. The molecular weight excluding hydrogens is 268 g/mol. The van der Waals surface area contributed by atoms with Crippen LogP contribution in [0.1, 0.15) is 32.0 Å². The summed E-state index contributed by atoms with van der Waals surface area (Å²) in [4.78, 5) is 27.3. The molecule has 0 bridgehead atoms. The molecule has 2 aromatic rings. The highest BCUT2D eigenvalue weighted by molar-refractivity contribution is 6.03. The molecule has 1 amide bonds. The van der Waals surface area contributed by atoms with Gasteiger partial charge in [0, 0.05) is 11.9 Å². The van der Waals surface area contributed by atoms with Crippen LogP contribution in [0, 0.1) is 13.8 Å². The van der Waals surface area contributed by atoms with Gasteiger partial charge >= 0.3 is 5.97 Å². The van der Waals surface area contributed by atoms with E-state index in [4.69, 9.17) is 0 Å². The second-order valence-electron chi connectivity index (χ2n) is 4.68. The number of rotatable bonds is 3. The van der Waals surface area contributed by atoms with Crippen molar-refractivity contribution in [3.63, 3.8) is 0 Å². The molecule has 0 saturated carbocycles. The number of nitrogens with one attached hydrogen (secondary N) is 1. The lowest BCUT2D eigenvalue weighted by molar-refractivity contribution is 0.0600. The van der Waals surface area contributed by atoms with Crippen molar-refractivity contribution in [2.24, 2.45) is 0 Å². The van der Waals surface area contributed by atoms with Crippen molar-refractivity contribution in [1.29, 1.82) is 0 Å². The van der Waals surface area contributed by atoms with Gasteiger partial charge in [-0.25, -0.2) is 4.79 Å². The molecule has 0 aliphatic rings. The maximum absolute atomic E-state index is 12.1. The van der Waals surface area contributed by atoms with Gasteiger partial charge in [-0.2, -0.15) is 0 Å². The molecule has 0 unspecified atom stereocenters. The summed E-state index contributed by atoms with van der Waals surface area (Å²) < 4.78 is 4.58. The standard InChI is InChI=1S/C16H16N2O3/c1-10-4-6-13(8-11(10)2)18-15(19)14-7-5-12(9-17-14)16(20)21-3/h4-9H,1-3H3,(H,18,19). The molecule has 0 aliphatic heterocycles. The first-order chi connectivity index (χ1) is 10.0. The SMILES string of the molecule is COC(=O)c1ccc(C(=O)Nc2ccc(C)c(C)c2)nc1. The Kier molecular flexibility index (Phi) is 4.33. The predicted molar refractivity (Wildman–Crippen MR) is 79.4 cm³/mol. The Labute approximate surface area is 123 Å². The van der Waals surface area contributed by atoms with Crippen molar-refractivity contribution in [3.05, 3.63) is 58.9 Å². The van der Waals surface area contributed by atoms with Crippen molar-refractivity contribution in [2.75, 3.05) is 12.4 Å². The highest BCUT2D eigenvalue weighted by atomic mass is 16.5. The van der Waals surface area contributed by atoms with Gasteiger partial charge in [-0.15, -0.1) is 0 Å². The molecule has 108 valence electrons. The number of pyridine rings is 1. The van der Waals surface area contributed by atoms with E-state index in [1.54, 1.807) is 0 Å². The summed E-state index contributed by atoms with van der Waals surface area (Å²) >= 11 is 0. The maximum Gasteiger partial charge on any atom is 0.339 e. The lowest BCUT2D eigenvalue weighted by Crippen LogP contribution is -2.14. The molecule has 0 aliphatic carbocycles. The number of hydrogen-bond donors (Lipinski definition) is 1. The van der Waals surface area contributed by atoms with E-state index in [-0.39, 0.29) is 11.6 Å². The number of anilines is 1. The van der Waals surface area contributed by atoms with Crippen LogP contribution in [0.15, 0.2) is 36.5 Å². The maximum atomic E-state index is 12.1. The fourth-order valence-corrected chi connectivity index (χ4v) is 1.78. The van der Waals surface area contributed by atoms with E-state index in [1.165, 1.54) is 25.4 Å². The third-order valence-corrected chi connectivity index (χ3v) is 3.18. The number of esters is 1. The lowest BCUT2D eigenvalue weighted by atomic mass is 10.1. The average molecular weight is 284 g/mol. The van der Waals surface area contributed by atoms with Crippen LogP contribution in [0.3, 0.4) is 0 Å². The Bertz CT molecular complexity index is 678. The monoisotopic (exact) mass is 284 g/mol. The van der Waals surface area contributed by atoms with Crippen LogP contribution in [-0.4, -0.2) is 24.0 Å². The smallest absolute Gasteiger partial charge is 0.339 e. The summed E-state index contributed by atoms with van der Waals surface area (Å²) in [6, 6.07) is 8.68. The number of methoxy groups -OCH3 is 1. The summed E-state index contributed by atoms with van der Waals surface area (Å²) in [6.07, 6.45) is 1.32. The first-order valence-corrected chi connectivity index (χ1v) is 6.44. The van der Waals surface area contributed by atoms with Crippen LogP contribution in [0.2, 0.25) is 0 Å². The van der Waals surface area contributed by atoms with Gasteiger partial charge < -0.3 is 10.1 Å². The van der Waals surface area contributed by atoms with Crippen molar-refractivity contribution >= 4 is 17.6 Å². The molecule has 0 atom stereocenters. The first kappa shape index (κ1) is 14.7. The average Bonchev–Trinajstić information content (AvgIpc) is 2.50. The van der Waals surface area contributed by atoms with Crippen LogP contribution >= 0.6 is 0 Å². The van der Waals surface area contributed by atoms with Gasteiger partial charge in [0.1, 0.15) is 5.69 Å². The number of carbonyl (C=O) groups excluding carboxylic acids is 2. The molecule has 1 N–H and O–H groups in total. The lowest BCUT2D eigenvalue weighted by Gasteiger charge is -2.07. The summed E-state index contributed by atoms with van der Waals surface area (Å²) in [5.41, 5.74) is 3.51. The predicted octanol–water partition coefficient (Wildman–Crippen LogP) is 2.74. The van der Waals surface area contributed by atoms with Crippen molar-refractivity contribution in [1.82, 2.24) is 4.98 Å². The summed E-state index contributed by atoms with van der Waals surface area (Å²) in [5, 5.41) is 2.77. The quantitative estimate of drug-likeness (QED) is 0.880. The zero-order chi connectivity index (χ0) is 15.4. The minimum atomic E-state index is -0.483. The Balaban J connectivity index is 2.13. The third kappa shape index (κ3) is 3.45. The van der Waals surface area contributed by atoms with Crippen LogP contribution in [0.4, 0.5) is 5.69 Å². The van der Waals surface area contributed by atoms with Gasteiger partial charge in [0.05, 0.1) is 12.7 Å². The second-order valence-corrected chi connectivity index (χ2v) is 4.68. The summed E-state index contributed by atoms with van der Waals surface area (Å²) in [5.74, 6) is -0.807. The number of carbonyl (C=O) groups is 2.